The number of para-hydroxylation sites is 1. The van der Waals surface area contributed by atoms with Crippen molar-refractivity contribution in [2.75, 3.05) is 5.32 Å². The van der Waals surface area contributed by atoms with Gasteiger partial charge in [-0.1, -0.05) is 35.3 Å². The van der Waals surface area contributed by atoms with Gasteiger partial charge in [0.05, 0.1) is 45.4 Å². The Labute approximate surface area is 196 Å². The van der Waals surface area contributed by atoms with Gasteiger partial charge in [-0.05, 0) is 31.2 Å². The summed E-state index contributed by atoms with van der Waals surface area (Å²) < 4.78 is 42.3. The van der Waals surface area contributed by atoms with Crippen LogP contribution in [0.4, 0.5) is 18.9 Å². The summed E-state index contributed by atoms with van der Waals surface area (Å²) in [5.41, 5.74) is 1.39. The zero-order valence-electron chi connectivity index (χ0n) is 16.3. The molecule has 1 amide bonds. The lowest BCUT2D eigenvalue weighted by Crippen LogP contribution is -2.16. The van der Waals surface area contributed by atoms with Gasteiger partial charge in [0.25, 0.3) is 5.91 Å². The first-order valence-corrected chi connectivity index (χ1v) is 9.73. The quantitative estimate of drug-likeness (QED) is 0.352. The number of hydrogen-bond donors (Lipinski definition) is 2. The van der Waals surface area contributed by atoms with Crippen molar-refractivity contribution in [3.8, 4) is 0 Å². The molecule has 0 aliphatic rings. The molecule has 0 aliphatic heterocycles. The highest BCUT2D eigenvalue weighted by molar-refractivity contribution is 6.40. The maximum Gasteiger partial charge on any atom is 0.449 e. The average molecular weight is 505 g/mol. The van der Waals surface area contributed by atoms with Gasteiger partial charge in [-0.25, -0.2) is 9.97 Å². The van der Waals surface area contributed by atoms with Crippen LogP contribution in [0.1, 0.15) is 27.6 Å². The normalized spacial score (nSPS) is 11.4. The number of halogens is 6. The van der Waals surface area contributed by atoms with E-state index >= 15 is 0 Å². The minimum Gasteiger partial charge on any atom is -0.348 e. The molecule has 32 heavy (non-hydrogen) atoms. The number of H-pyrrole nitrogens is 1. The van der Waals surface area contributed by atoms with Crippen LogP contribution in [0, 0.1) is 6.92 Å². The van der Waals surface area contributed by atoms with E-state index in [-0.39, 0.29) is 51.3 Å². The second-order valence-corrected chi connectivity index (χ2v) is 7.53. The molecule has 2 heterocycles. The van der Waals surface area contributed by atoms with Gasteiger partial charge in [-0.3, -0.25) is 4.79 Å². The number of benzene rings is 2. The molecule has 4 aromatic rings. The topological polar surface area (TPSA) is 75.6 Å². The number of aromatic nitrogens is 4. The van der Waals surface area contributed by atoms with Crippen molar-refractivity contribution < 1.29 is 18.0 Å². The first-order chi connectivity index (χ1) is 14.7. The first-order valence-electron chi connectivity index (χ1n) is 8.97. The predicted octanol–water partition coefficient (Wildman–Crippen LogP) is 6.12. The lowest BCUT2D eigenvalue weighted by Gasteiger charge is -2.11. The number of nitrogens with zero attached hydrogens (tertiary/aromatic N) is 3. The summed E-state index contributed by atoms with van der Waals surface area (Å²) in [6, 6.07) is 9.05. The van der Waals surface area contributed by atoms with Crippen LogP contribution in [-0.4, -0.2) is 25.4 Å². The highest BCUT2D eigenvalue weighted by atomic mass is 35.5. The van der Waals surface area contributed by atoms with Crippen LogP contribution in [0.15, 0.2) is 42.7 Å². The minimum absolute atomic E-state index is 0. The summed E-state index contributed by atoms with van der Waals surface area (Å²) in [7, 11) is 0. The Morgan fingerprint density at radius 1 is 1.16 bits per heavy atom. The number of alkyl halides is 3. The zero-order chi connectivity index (χ0) is 22.3. The Bertz CT molecular complexity index is 1280. The Morgan fingerprint density at radius 2 is 1.81 bits per heavy atom. The molecule has 2 aromatic carbocycles. The van der Waals surface area contributed by atoms with E-state index in [0.29, 0.717) is 11.4 Å². The van der Waals surface area contributed by atoms with Gasteiger partial charge in [0.2, 0.25) is 5.82 Å². The van der Waals surface area contributed by atoms with Crippen molar-refractivity contribution >= 4 is 58.2 Å². The summed E-state index contributed by atoms with van der Waals surface area (Å²) in [6.07, 6.45) is -3.30. The summed E-state index contributed by atoms with van der Waals surface area (Å²) in [5.74, 6) is -1.75. The van der Waals surface area contributed by atoms with Gasteiger partial charge in [-0.2, -0.15) is 13.2 Å². The number of carbonyl (C=O) groups excluding carboxylic acids is 1. The molecule has 0 fully saturated rings. The van der Waals surface area contributed by atoms with Crippen molar-refractivity contribution in [2.45, 2.75) is 19.6 Å². The van der Waals surface area contributed by atoms with Crippen molar-refractivity contribution in [3.05, 3.63) is 75.5 Å². The third kappa shape index (κ3) is 4.41. The van der Waals surface area contributed by atoms with Gasteiger partial charge in [0.15, 0.2) is 0 Å². The average Bonchev–Trinajstić information content (AvgIpc) is 3.26. The van der Waals surface area contributed by atoms with Crippen molar-refractivity contribution in [1.29, 1.82) is 0 Å². The van der Waals surface area contributed by atoms with Crippen LogP contribution < -0.4 is 5.32 Å². The molecule has 4 rings (SSSR count). The number of carbonyl (C=O) groups is 1. The van der Waals surface area contributed by atoms with Crippen LogP contribution in [0.2, 0.25) is 10.0 Å². The van der Waals surface area contributed by atoms with Crippen molar-refractivity contribution in [3.63, 3.8) is 0 Å². The van der Waals surface area contributed by atoms with E-state index in [1.54, 1.807) is 13.0 Å². The van der Waals surface area contributed by atoms with E-state index in [2.05, 4.69) is 20.3 Å². The highest BCUT2D eigenvalue weighted by Gasteiger charge is 2.38. The fourth-order valence-corrected chi connectivity index (χ4v) is 3.79. The predicted molar refractivity (Wildman–Crippen MR) is 119 cm³/mol. The zero-order valence-corrected chi connectivity index (χ0v) is 18.6. The van der Waals surface area contributed by atoms with E-state index in [0.717, 1.165) is 4.57 Å². The van der Waals surface area contributed by atoms with Crippen LogP contribution >= 0.6 is 35.6 Å². The summed E-state index contributed by atoms with van der Waals surface area (Å²) >= 11 is 12.1. The molecule has 0 aliphatic carbocycles. The van der Waals surface area contributed by atoms with Crippen LogP contribution in [0.3, 0.4) is 0 Å². The Hall–Kier alpha value is -2.75. The van der Waals surface area contributed by atoms with Gasteiger partial charge < -0.3 is 14.9 Å². The fraction of sp³-hybridized carbons (Fsp3) is 0.150. The monoisotopic (exact) mass is 503 g/mol. The van der Waals surface area contributed by atoms with Crippen molar-refractivity contribution in [1.82, 2.24) is 19.5 Å². The number of imidazole rings is 2. The maximum atomic E-state index is 13.7. The van der Waals surface area contributed by atoms with Crippen LogP contribution in [-0.2, 0) is 12.7 Å². The van der Waals surface area contributed by atoms with E-state index < -0.39 is 17.9 Å². The third-order valence-corrected chi connectivity index (χ3v) is 5.34. The molecular formula is C20H15Cl3F3N5O. The number of fused-ring (bicyclic) bond motifs is 1. The largest absolute Gasteiger partial charge is 0.449 e. The Kier molecular flexibility index (Phi) is 6.73. The van der Waals surface area contributed by atoms with Gasteiger partial charge in [-0.15, -0.1) is 12.4 Å². The Balaban J connectivity index is 0.00000289. The van der Waals surface area contributed by atoms with E-state index in [9.17, 15) is 18.0 Å². The molecule has 12 heteroatoms. The molecule has 0 spiro atoms. The molecule has 0 atom stereocenters. The van der Waals surface area contributed by atoms with Crippen LogP contribution in [0.25, 0.3) is 11.0 Å². The minimum atomic E-state index is -4.71. The lowest BCUT2D eigenvalue weighted by molar-refractivity contribution is -0.146. The molecule has 2 N–H and O–H groups in total. The maximum absolute atomic E-state index is 13.7. The summed E-state index contributed by atoms with van der Waals surface area (Å²) in [6.45, 7) is 1.57. The molecule has 0 saturated carbocycles. The molecule has 6 nitrogen and oxygen atoms in total. The Morgan fingerprint density at radius 3 is 2.41 bits per heavy atom. The number of aryl methyl sites for hydroxylation is 1. The standard InChI is InChI=1S/C20H14Cl2F3N5O.ClH/c1-10-14(27-9-26-10)8-30-15-7-3-6-13(17(15)29-19(30)20(23,24)25)28-18(31)16-11(21)4-2-5-12(16)22;/h2-7,9H,8H2,1H3,(H,26,27)(H,28,31);1H. The molecule has 0 bridgehead atoms. The summed E-state index contributed by atoms with van der Waals surface area (Å²) in [4.78, 5) is 23.5. The van der Waals surface area contributed by atoms with E-state index in [1.807, 2.05) is 0 Å². The number of anilines is 1. The number of nitrogens with one attached hydrogen (secondary N) is 2. The molecule has 0 saturated heterocycles. The molecular weight excluding hydrogens is 490 g/mol. The van der Waals surface area contributed by atoms with Gasteiger partial charge in [0.1, 0.15) is 5.52 Å². The number of aromatic amines is 1. The van der Waals surface area contributed by atoms with Gasteiger partial charge >= 0.3 is 6.18 Å². The lowest BCUT2D eigenvalue weighted by atomic mass is 10.2. The SMILES string of the molecule is Cc1[nH]cnc1Cn1c(C(F)(F)F)nc2c(NC(=O)c3c(Cl)cccc3Cl)cccc21.Cl. The molecule has 2 aromatic heterocycles. The summed E-state index contributed by atoms with van der Waals surface area (Å²) in [5, 5.41) is 2.81. The number of rotatable bonds is 4. The van der Waals surface area contributed by atoms with Crippen LogP contribution in [0.5, 0.6) is 0 Å². The number of hydrogen-bond acceptors (Lipinski definition) is 3. The molecule has 0 radical (unpaired) electrons. The smallest absolute Gasteiger partial charge is 0.348 e. The fourth-order valence-electron chi connectivity index (χ4n) is 3.22. The molecule has 168 valence electrons. The third-order valence-electron chi connectivity index (χ3n) is 4.71. The van der Waals surface area contributed by atoms with Gasteiger partial charge in [0, 0.05) is 5.69 Å². The van der Waals surface area contributed by atoms with E-state index in [4.69, 9.17) is 23.2 Å². The second kappa shape index (κ2) is 9.01. The van der Waals surface area contributed by atoms with E-state index in [1.165, 1.54) is 36.7 Å². The highest BCUT2D eigenvalue weighted by Crippen LogP contribution is 2.35. The molecule has 0 unspecified atom stereocenters. The second-order valence-electron chi connectivity index (χ2n) is 6.72. The number of amides is 1. The van der Waals surface area contributed by atoms with Crippen molar-refractivity contribution in [2.24, 2.45) is 0 Å². The first kappa shape index (κ1) is 23.9.